The summed E-state index contributed by atoms with van der Waals surface area (Å²) < 4.78 is 0. The summed E-state index contributed by atoms with van der Waals surface area (Å²) in [6.45, 7) is 0. The summed E-state index contributed by atoms with van der Waals surface area (Å²) in [4.78, 5) is 10.4. The number of carbonyl (C=O) groups excluding carboxylic acids is 1. The van der Waals surface area contributed by atoms with E-state index in [1.165, 1.54) is 0 Å². The summed E-state index contributed by atoms with van der Waals surface area (Å²) >= 11 is 0. The second-order valence-electron chi connectivity index (χ2n) is 2.67. The summed E-state index contributed by atoms with van der Waals surface area (Å²) in [6.07, 6.45) is 5.27. The number of amides is 1. The van der Waals surface area contributed by atoms with Crippen LogP contribution in [0.25, 0.3) is 0 Å². The first-order valence-electron chi connectivity index (χ1n) is 4.06. The van der Waals surface area contributed by atoms with E-state index in [1.54, 1.807) is 12.1 Å². The molecule has 0 aliphatic heterocycles. The number of primary amides is 1. The van der Waals surface area contributed by atoms with Gasteiger partial charge in [0, 0.05) is 11.1 Å². The van der Waals surface area contributed by atoms with E-state index < -0.39 is 5.91 Å². The van der Waals surface area contributed by atoms with E-state index in [9.17, 15) is 4.79 Å². The van der Waals surface area contributed by atoms with Crippen LogP contribution in [0.15, 0.2) is 24.3 Å². The third kappa shape index (κ3) is 3.05. The number of nitrogens with two attached hydrogens (primary N) is 1. The number of hydrogen-bond donors (Lipinski definition) is 1. The van der Waals surface area contributed by atoms with Crippen molar-refractivity contribution in [2.24, 2.45) is 5.73 Å². The summed E-state index contributed by atoms with van der Waals surface area (Å²) in [5.41, 5.74) is 6.57. The third-order valence-electron chi connectivity index (χ3n) is 1.55. The molecule has 1 aromatic carbocycles. The second kappa shape index (κ2) is 4.74. The molecule has 0 aromatic heterocycles. The molecule has 0 saturated heterocycles. The fraction of sp³-hybridized carbons (Fsp3) is 0.0833. The number of benzene rings is 1. The van der Waals surface area contributed by atoms with Crippen molar-refractivity contribution >= 4 is 5.91 Å². The van der Waals surface area contributed by atoms with Gasteiger partial charge in [-0.15, -0.1) is 6.42 Å². The van der Waals surface area contributed by atoms with Gasteiger partial charge in [-0.3, -0.25) is 4.79 Å². The molecule has 1 rings (SSSR count). The predicted molar refractivity (Wildman–Crippen MR) is 55.1 cm³/mol. The van der Waals surface area contributed by atoms with Gasteiger partial charge in [0.1, 0.15) is 0 Å². The quantitative estimate of drug-likeness (QED) is 0.646. The van der Waals surface area contributed by atoms with Crippen molar-refractivity contribution in [2.75, 3.05) is 0 Å². The van der Waals surface area contributed by atoms with E-state index >= 15 is 0 Å². The van der Waals surface area contributed by atoms with Crippen molar-refractivity contribution in [3.63, 3.8) is 0 Å². The zero-order valence-corrected chi connectivity index (χ0v) is 7.58. The topological polar surface area (TPSA) is 43.1 Å². The van der Waals surface area contributed by atoms with E-state index in [0.29, 0.717) is 0 Å². The molecule has 0 aliphatic carbocycles. The van der Waals surface area contributed by atoms with E-state index in [1.807, 2.05) is 12.1 Å². The molecular formula is C12H9NO. The average Bonchev–Trinajstić information content (AvgIpc) is 2.18. The minimum atomic E-state index is -0.419. The molecule has 0 bridgehead atoms. The molecule has 2 heteroatoms. The van der Waals surface area contributed by atoms with E-state index in [2.05, 4.69) is 17.8 Å². The van der Waals surface area contributed by atoms with Gasteiger partial charge in [0.15, 0.2) is 0 Å². The molecular weight excluding hydrogens is 174 g/mol. The van der Waals surface area contributed by atoms with E-state index in [4.69, 9.17) is 12.2 Å². The lowest BCUT2D eigenvalue weighted by Crippen LogP contribution is -2.08. The van der Waals surface area contributed by atoms with Gasteiger partial charge in [-0.1, -0.05) is 17.8 Å². The summed E-state index contributed by atoms with van der Waals surface area (Å²) in [7, 11) is 0. The second-order valence-corrected chi connectivity index (χ2v) is 2.67. The third-order valence-corrected chi connectivity index (χ3v) is 1.55. The van der Waals surface area contributed by atoms with Gasteiger partial charge in [-0.25, -0.2) is 0 Å². The number of carbonyl (C=O) groups is 1. The van der Waals surface area contributed by atoms with Crippen LogP contribution in [0.1, 0.15) is 17.5 Å². The van der Waals surface area contributed by atoms with Crippen molar-refractivity contribution in [3.8, 4) is 24.2 Å². The van der Waals surface area contributed by atoms with Gasteiger partial charge in [0.25, 0.3) is 0 Å². The maximum Gasteiger partial charge on any atom is 0.229 e. The highest BCUT2D eigenvalue weighted by Crippen LogP contribution is 2.01. The van der Waals surface area contributed by atoms with Crippen LogP contribution in [0.3, 0.4) is 0 Å². The molecule has 1 amide bonds. The maximum atomic E-state index is 10.4. The molecule has 0 aliphatic rings. The maximum absolute atomic E-state index is 10.4. The molecule has 0 heterocycles. The van der Waals surface area contributed by atoms with Crippen LogP contribution >= 0.6 is 0 Å². The van der Waals surface area contributed by atoms with Crippen LogP contribution < -0.4 is 5.73 Å². The Bertz CT molecular complexity index is 426. The number of terminal acetylenes is 1. The first-order valence-corrected chi connectivity index (χ1v) is 4.06. The summed E-state index contributed by atoms with van der Waals surface area (Å²) in [5, 5.41) is 0. The van der Waals surface area contributed by atoms with Crippen molar-refractivity contribution in [3.05, 3.63) is 35.4 Å². The molecule has 2 N–H and O–H groups in total. The van der Waals surface area contributed by atoms with Crippen molar-refractivity contribution < 1.29 is 4.79 Å². The minimum Gasteiger partial charge on any atom is -0.369 e. The molecule has 2 nitrogen and oxygen atoms in total. The average molecular weight is 183 g/mol. The lowest BCUT2D eigenvalue weighted by atomic mass is 10.1. The van der Waals surface area contributed by atoms with Crippen LogP contribution in [0.5, 0.6) is 0 Å². The molecule has 0 unspecified atom stereocenters. The lowest BCUT2D eigenvalue weighted by molar-refractivity contribution is -0.117. The normalized spacial score (nSPS) is 8.21. The van der Waals surface area contributed by atoms with E-state index in [0.717, 1.165) is 11.1 Å². The Morgan fingerprint density at radius 3 is 2.36 bits per heavy atom. The Morgan fingerprint density at radius 2 is 1.86 bits per heavy atom. The van der Waals surface area contributed by atoms with Crippen LogP contribution in [-0.2, 0) is 4.79 Å². The molecule has 1 aromatic rings. The minimum absolute atomic E-state index is 0.0802. The van der Waals surface area contributed by atoms with Crippen LogP contribution in [-0.4, -0.2) is 5.91 Å². The Hall–Kier alpha value is -2.19. The van der Waals surface area contributed by atoms with Crippen molar-refractivity contribution in [1.29, 1.82) is 0 Å². The van der Waals surface area contributed by atoms with Gasteiger partial charge < -0.3 is 5.73 Å². The molecule has 0 radical (unpaired) electrons. The first kappa shape index (κ1) is 9.89. The zero-order chi connectivity index (χ0) is 10.4. The first-order chi connectivity index (χ1) is 6.72. The van der Waals surface area contributed by atoms with Crippen LogP contribution in [0.4, 0.5) is 0 Å². The van der Waals surface area contributed by atoms with Gasteiger partial charge in [0.2, 0.25) is 5.91 Å². The number of hydrogen-bond acceptors (Lipinski definition) is 1. The molecule has 14 heavy (non-hydrogen) atoms. The monoisotopic (exact) mass is 183 g/mol. The van der Waals surface area contributed by atoms with E-state index in [-0.39, 0.29) is 6.42 Å². The molecule has 0 fully saturated rings. The van der Waals surface area contributed by atoms with Gasteiger partial charge >= 0.3 is 0 Å². The largest absolute Gasteiger partial charge is 0.369 e. The highest BCUT2D eigenvalue weighted by Gasteiger charge is 1.88. The highest BCUT2D eigenvalue weighted by atomic mass is 16.1. The van der Waals surface area contributed by atoms with Crippen molar-refractivity contribution in [2.45, 2.75) is 6.42 Å². The SMILES string of the molecule is C#Cc1ccc(C#CCC(N)=O)cc1. The van der Waals surface area contributed by atoms with Gasteiger partial charge in [0.05, 0.1) is 6.42 Å². The fourth-order valence-electron chi connectivity index (χ4n) is 0.883. The number of rotatable bonds is 1. The van der Waals surface area contributed by atoms with Crippen LogP contribution in [0.2, 0.25) is 0 Å². The summed E-state index contributed by atoms with van der Waals surface area (Å²) in [5.74, 6) is 7.56. The Kier molecular flexibility index (Phi) is 3.35. The molecule has 0 atom stereocenters. The smallest absolute Gasteiger partial charge is 0.229 e. The molecule has 68 valence electrons. The van der Waals surface area contributed by atoms with Gasteiger partial charge in [-0.2, -0.15) is 0 Å². The predicted octanol–water partition coefficient (Wildman–Crippen LogP) is 0.895. The standard InChI is InChI=1S/C12H9NO/c1-2-10-6-8-11(9-7-10)4-3-5-12(13)14/h1,6-9H,5H2,(H2,13,14). The Labute approximate surface area is 83.1 Å². The summed E-state index contributed by atoms with van der Waals surface area (Å²) in [6, 6.07) is 7.22. The zero-order valence-electron chi connectivity index (χ0n) is 7.58. The van der Waals surface area contributed by atoms with Gasteiger partial charge in [-0.05, 0) is 24.3 Å². The van der Waals surface area contributed by atoms with Crippen LogP contribution in [0, 0.1) is 24.2 Å². The molecule has 0 saturated carbocycles. The Balaban J connectivity index is 2.73. The van der Waals surface area contributed by atoms with Crippen molar-refractivity contribution in [1.82, 2.24) is 0 Å². The lowest BCUT2D eigenvalue weighted by Gasteiger charge is -1.90. The Morgan fingerprint density at radius 1 is 1.29 bits per heavy atom. The highest BCUT2D eigenvalue weighted by molar-refractivity contribution is 5.76. The fourth-order valence-corrected chi connectivity index (χ4v) is 0.883. The molecule has 0 spiro atoms.